The van der Waals surface area contributed by atoms with E-state index in [0.29, 0.717) is 38.4 Å². The summed E-state index contributed by atoms with van der Waals surface area (Å²) in [5, 5.41) is 0. The van der Waals surface area contributed by atoms with E-state index < -0.39 is 0 Å². The molecule has 0 saturated heterocycles. The molecule has 0 saturated carbocycles. The molecule has 0 aliphatic carbocycles. The number of unbranched alkanes of at least 4 members (excludes halogenated alkanes) is 7. The predicted octanol–water partition coefficient (Wildman–Crippen LogP) is 6.04. The maximum Gasteiger partial charge on any atom is 0.305 e. The first-order valence-corrected chi connectivity index (χ1v) is 11.0. The van der Waals surface area contributed by atoms with Gasteiger partial charge in [0.2, 0.25) is 0 Å². The number of halogens is 1. The zero-order valence-corrected chi connectivity index (χ0v) is 17.7. The highest BCUT2D eigenvalue weighted by Crippen LogP contribution is 2.09. The van der Waals surface area contributed by atoms with Gasteiger partial charge in [0.05, 0.1) is 13.2 Å². The van der Waals surface area contributed by atoms with E-state index >= 15 is 0 Å². The third kappa shape index (κ3) is 19.6. The molecular formula is C21H39ClO4. The van der Waals surface area contributed by atoms with Crippen LogP contribution in [0.4, 0.5) is 0 Å². The summed E-state index contributed by atoms with van der Waals surface area (Å²) in [5.74, 6) is 0.973. The lowest BCUT2D eigenvalue weighted by atomic mass is 10.1. The molecule has 0 unspecified atom stereocenters. The van der Waals surface area contributed by atoms with Crippen LogP contribution in [0.5, 0.6) is 0 Å². The molecule has 0 bridgehead atoms. The van der Waals surface area contributed by atoms with Gasteiger partial charge in [0.15, 0.2) is 0 Å². The molecule has 5 heteroatoms. The highest BCUT2D eigenvalue weighted by molar-refractivity contribution is 6.17. The quantitative estimate of drug-likeness (QED) is 0.162. The summed E-state index contributed by atoms with van der Waals surface area (Å²) < 4.78 is 10.3. The second kappa shape index (κ2) is 19.0. The molecule has 0 spiro atoms. The van der Waals surface area contributed by atoms with Gasteiger partial charge >= 0.3 is 11.9 Å². The van der Waals surface area contributed by atoms with E-state index in [1.54, 1.807) is 0 Å². The lowest BCUT2D eigenvalue weighted by molar-refractivity contribution is -0.145. The van der Waals surface area contributed by atoms with Crippen LogP contribution in [0.2, 0.25) is 0 Å². The van der Waals surface area contributed by atoms with Crippen molar-refractivity contribution in [1.82, 2.24) is 0 Å². The van der Waals surface area contributed by atoms with Crippen molar-refractivity contribution in [2.75, 3.05) is 19.1 Å². The number of carbonyl (C=O) groups excluding carboxylic acids is 2. The van der Waals surface area contributed by atoms with Crippen LogP contribution in [0.1, 0.15) is 97.3 Å². The van der Waals surface area contributed by atoms with Crippen LogP contribution < -0.4 is 0 Å². The van der Waals surface area contributed by atoms with Crippen molar-refractivity contribution in [2.24, 2.45) is 5.92 Å². The van der Waals surface area contributed by atoms with Crippen molar-refractivity contribution in [3.63, 3.8) is 0 Å². The molecular weight excluding hydrogens is 352 g/mol. The predicted molar refractivity (Wildman–Crippen MR) is 107 cm³/mol. The Labute approximate surface area is 165 Å². The minimum absolute atomic E-state index is 0.210. The molecule has 0 N–H and O–H groups in total. The average molecular weight is 391 g/mol. The van der Waals surface area contributed by atoms with Crippen LogP contribution >= 0.6 is 11.6 Å². The van der Waals surface area contributed by atoms with Gasteiger partial charge in [-0.15, -0.1) is 11.6 Å². The van der Waals surface area contributed by atoms with E-state index in [2.05, 4.69) is 13.8 Å². The van der Waals surface area contributed by atoms with Gasteiger partial charge in [0.1, 0.15) is 0 Å². The summed E-state index contributed by atoms with van der Waals surface area (Å²) >= 11 is 5.64. The molecule has 26 heavy (non-hydrogen) atoms. The molecule has 0 aromatic carbocycles. The van der Waals surface area contributed by atoms with Crippen molar-refractivity contribution in [2.45, 2.75) is 97.3 Å². The molecule has 0 heterocycles. The fraction of sp³-hybridized carbons (Fsp3) is 0.905. The summed E-state index contributed by atoms with van der Waals surface area (Å²) in [6.07, 6.45) is 12.4. The zero-order valence-electron chi connectivity index (χ0n) is 16.9. The number of hydrogen-bond donors (Lipinski definition) is 0. The summed E-state index contributed by atoms with van der Waals surface area (Å²) in [6, 6.07) is 0. The first-order valence-electron chi connectivity index (χ1n) is 10.4. The van der Waals surface area contributed by atoms with E-state index in [-0.39, 0.29) is 11.9 Å². The lowest BCUT2D eigenvalue weighted by Crippen LogP contribution is -2.09. The molecule has 0 atom stereocenters. The number of rotatable bonds is 18. The van der Waals surface area contributed by atoms with Crippen molar-refractivity contribution in [1.29, 1.82) is 0 Å². The van der Waals surface area contributed by atoms with Crippen molar-refractivity contribution < 1.29 is 19.1 Å². The first-order chi connectivity index (χ1) is 12.6. The molecule has 0 rings (SSSR count). The Kier molecular flexibility index (Phi) is 18.4. The summed E-state index contributed by atoms with van der Waals surface area (Å²) in [5.41, 5.74) is 0. The van der Waals surface area contributed by atoms with Crippen LogP contribution in [0.15, 0.2) is 0 Å². The number of carbonyl (C=O) groups is 2. The van der Waals surface area contributed by atoms with Gasteiger partial charge in [-0.25, -0.2) is 0 Å². The Morgan fingerprint density at radius 2 is 1.15 bits per heavy atom. The largest absolute Gasteiger partial charge is 0.466 e. The van der Waals surface area contributed by atoms with Crippen LogP contribution in [0.3, 0.4) is 0 Å². The molecule has 0 amide bonds. The highest BCUT2D eigenvalue weighted by Gasteiger charge is 2.07. The van der Waals surface area contributed by atoms with E-state index in [1.807, 2.05) is 0 Å². The van der Waals surface area contributed by atoms with E-state index in [0.717, 1.165) is 38.0 Å². The number of ether oxygens (including phenoxy) is 2. The SMILES string of the molecule is CC(C)CCCOC(=O)CCCC(=O)OCCCCCCCCCCCl. The maximum atomic E-state index is 11.6. The normalized spacial score (nSPS) is 10.9. The van der Waals surface area contributed by atoms with Crippen LogP contribution in [0.25, 0.3) is 0 Å². The topological polar surface area (TPSA) is 52.6 Å². The van der Waals surface area contributed by atoms with Crippen LogP contribution in [0, 0.1) is 5.92 Å². The van der Waals surface area contributed by atoms with Crippen LogP contribution in [-0.4, -0.2) is 31.0 Å². The standard InChI is InChI=1S/C21H39ClO4/c1-19(2)13-12-18-26-21(24)15-11-14-20(23)25-17-10-8-6-4-3-5-7-9-16-22/h19H,3-18H2,1-2H3. The van der Waals surface area contributed by atoms with Gasteiger partial charge in [-0.1, -0.05) is 52.4 Å². The van der Waals surface area contributed by atoms with Gasteiger partial charge in [-0.3, -0.25) is 9.59 Å². The molecule has 4 nitrogen and oxygen atoms in total. The lowest BCUT2D eigenvalue weighted by Gasteiger charge is -2.07. The van der Waals surface area contributed by atoms with Gasteiger partial charge in [0.25, 0.3) is 0 Å². The molecule has 0 aromatic rings. The monoisotopic (exact) mass is 390 g/mol. The molecule has 0 aromatic heterocycles. The Hall–Kier alpha value is -0.770. The summed E-state index contributed by atoms with van der Waals surface area (Å²) in [6.45, 7) is 5.27. The molecule has 0 aliphatic heterocycles. The highest BCUT2D eigenvalue weighted by atomic mass is 35.5. The minimum Gasteiger partial charge on any atom is -0.466 e. The Morgan fingerprint density at radius 1 is 0.692 bits per heavy atom. The fourth-order valence-corrected chi connectivity index (χ4v) is 2.83. The fourth-order valence-electron chi connectivity index (χ4n) is 2.64. The Bertz CT molecular complexity index is 345. The van der Waals surface area contributed by atoms with E-state index in [4.69, 9.17) is 21.1 Å². The zero-order chi connectivity index (χ0) is 19.5. The van der Waals surface area contributed by atoms with Crippen LogP contribution in [-0.2, 0) is 19.1 Å². The second-order valence-corrected chi connectivity index (χ2v) is 7.73. The van der Waals surface area contributed by atoms with Crippen molar-refractivity contribution >= 4 is 23.5 Å². The Balaban J connectivity index is 3.32. The molecule has 0 fully saturated rings. The van der Waals surface area contributed by atoms with Gasteiger partial charge in [0, 0.05) is 18.7 Å². The van der Waals surface area contributed by atoms with Gasteiger partial charge in [-0.2, -0.15) is 0 Å². The smallest absolute Gasteiger partial charge is 0.305 e. The van der Waals surface area contributed by atoms with Crippen molar-refractivity contribution in [3.8, 4) is 0 Å². The van der Waals surface area contributed by atoms with E-state index in [9.17, 15) is 9.59 Å². The third-order valence-corrected chi connectivity index (χ3v) is 4.51. The Morgan fingerprint density at radius 3 is 1.65 bits per heavy atom. The number of esters is 2. The van der Waals surface area contributed by atoms with Gasteiger partial charge < -0.3 is 9.47 Å². The number of hydrogen-bond acceptors (Lipinski definition) is 4. The van der Waals surface area contributed by atoms with Crippen molar-refractivity contribution in [3.05, 3.63) is 0 Å². The second-order valence-electron chi connectivity index (χ2n) is 7.35. The van der Waals surface area contributed by atoms with E-state index in [1.165, 1.54) is 32.1 Å². The first kappa shape index (κ1) is 25.2. The third-order valence-electron chi connectivity index (χ3n) is 4.24. The number of alkyl halides is 1. The molecule has 0 radical (unpaired) electrons. The van der Waals surface area contributed by atoms with Gasteiger partial charge in [-0.05, 0) is 38.0 Å². The average Bonchev–Trinajstić information content (AvgIpc) is 2.60. The maximum absolute atomic E-state index is 11.6. The molecule has 154 valence electrons. The molecule has 0 aliphatic rings. The summed E-state index contributed by atoms with van der Waals surface area (Å²) in [4.78, 5) is 23.1. The minimum atomic E-state index is -0.215. The summed E-state index contributed by atoms with van der Waals surface area (Å²) in [7, 11) is 0.